The maximum atomic E-state index is 12.9. The maximum absolute atomic E-state index is 12.9. The number of nitrogens with zero attached hydrogens (tertiary/aromatic N) is 1. The van der Waals surface area contributed by atoms with E-state index in [1.165, 1.54) is 12.1 Å². The number of amides is 2. The number of likely N-dealkylation sites (tertiary alicyclic amines) is 1. The number of rotatable bonds is 5. The van der Waals surface area contributed by atoms with Crippen molar-refractivity contribution in [1.82, 2.24) is 10.2 Å². The molecule has 2 amide bonds. The summed E-state index contributed by atoms with van der Waals surface area (Å²) in [5.41, 5.74) is 0.999. The quantitative estimate of drug-likeness (QED) is 0.884. The first-order chi connectivity index (χ1) is 12.1. The van der Waals surface area contributed by atoms with Crippen molar-refractivity contribution in [2.24, 2.45) is 5.92 Å². The van der Waals surface area contributed by atoms with Crippen LogP contribution in [0.1, 0.15) is 31.2 Å². The molecule has 136 valence electrons. The minimum absolute atomic E-state index is 0.0400. The first-order valence-corrected chi connectivity index (χ1v) is 9.06. The zero-order valence-corrected chi connectivity index (χ0v) is 14.4. The van der Waals surface area contributed by atoms with Gasteiger partial charge in [0.15, 0.2) is 0 Å². The number of benzene rings is 1. The summed E-state index contributed by atoms with van der Waals surface area (Å²) in [4.78, 5) is 26.4. The van der Waals surface area contributed by atoms with E-state index in [0.717, 1.165) is 18.4 Å². The lowest BCUT2D eigenvalue weighted by molar-refractivity contribution is -0.143. The van der Waals surface area contributed by atoms with Crippen molar-refractivity contribution in [2.45, 2.75) is 38.2 Å². The average molecular weight is 348 g/mol. The molecular weight excluding hydrogens is 323 g/mol. The van der Waals surface area contributed by atoms with Gasteiger partial charge in [-0.05, 0) is 49.8 Å². The number of carbonyl (C=O) groups is 2. The molecule has 0 aromatic heterocycles. The van der Waals surface area contributed by atoms with E-state index in [0.29, 0.717) is 45.5 Å². The number of halogens is 1. The van der Waals surface area contributed by atoms with Gasteiger partial charge in [-0.15, -0.1) is 0 Å². The van der Waals surface area contributed by atoms with Gasteiger partial charge in [0.1, 0.15) is 11.9 Å². The third-order valence-electron chi connectivity index (χ3n) is 5.01. The first kappa shape index (κ1) is 17.9. The van der Waals surface area contributed by atoms with Gasteiger partial charge in [0.05, 0.1) is 0 Å². The Kier molecular flexibility index (Phi) is 6.02. The topological polar surface area (TPSA) is 58.6 Å². The lowest BCUT2D eigenvalue weighted by atomic mass is 9.95. The molecule has 2 fully saturated rings. The Bertz CT molecular complexity index is 591. The van der Waals surface area contributed by atoms with Gasteiger partial charge in [0.2, 0.25) is 5.91 Å². The first-order valence-electron chi connectivity index (χ1n) is 9.06. The van der Waals surface area contributed by atoms with Crippen LogP contribution in [0.3, 0.4) is 0 Å². The van der Waals surface area contributed by atoms with Gasteiger partial charge in [-0.25, -0.2) is 4.39 Å². The van der Waals surface area contributed by atoms with Crippen LogP contribution in [0.25, 0.3) is 0 Å². The molecule has 2 heterocycles. The molecule has 1 unspecified atom stereocenters. The predicted octanol–water partition coefficient (Wildman–Crippen LogP) is 1.90. The Morgan fingerprint density at radius 2 is 1.88 bits per heavy atom. The predicted molar refractivity (Wildman–Crippen MR) is 91.4 cm³/mol. The van der Waals surface area contributed by atoms with Crippen LogP contribution < -0.4 is 5.32 Å². The summed E-state index contributed by atoms with van der Waals surface area (Å²) in [6.07, 6.45) is 3.55. The summed E-state index contributed by atoms with van der Waals surface area (Å²) in [5, 5.41) is 2.95. The number of nitrogens with one attached hydrogen (secondary N) is 1. The molecule has 3 rings (SSSR count). The second-order valence-corrected chi connectivity index (χ2v) is 6.77. The third kappa shape index (κ3) is 4.78. The van der Waals surface area contributed by atoms with Gasteiger partial charge in [0, 0.05) is 32.2 Å². The summed E-state index contributed by atoms with van der Waals surface area (Å²) < 4.78 is 18.3. The van der Waals surface area contributed by atoms with E-state index < -0.39 is 0 Å². The van der Waals surface area contributed by atoms with E-state index in [1.807, 2.05) is 4.90 Å². The molecule has 2 aliphatic rings. The van der Waals surface area contributed by atoms with E-state index >= 15 is 0 Å². The van der Waals surface area contributed by atoms with E-state index in [2.05, 4.69) is 5.32 Å². The fraction of sp³-hybridized carbons (Fsp3) is 0.579. The van der Waals surface area contributed by atoms with Crippen molar-refractivity contribution in [3.63, 3.8) is 0 Å². The van der Waals surface area contributed by atoms with Gasteiger partial charge in [-0.3, -0.25) is 9.59 Å². The molecule has 0 saturated carbocycles. The number of hydrogen-bond donors (Lipinski definition) is 1. The van der Waals surface area contributed by atoms with Gasteiger partial charge >= 0.3 is 0 Å². The number of hydrogen-bond acceptors (Lipinski definition) is 3. The van der Waals surface area contributed by atoms with Crippen molar-refractivity contribution < 1.29 is 18.7 Å². The number of ether oxygens (including phenoxy) is 1. The smallest absolute Gasteiger partial charge is 0.251 e. The van der Waals surface area contributed by atoms with Gasteiger partial charge in [0.25, 0.3) is 5.91 Å². The molecule has 6 heteroatoms. The van der Waals surface area contributed by atoms with Crippen molar-refractivity contribution in [3.8, 4) is 0 Å². The highest BCUT2D eigenvalue weighted by molar-refractivity contribution is 5.82. The van der Waals surface area contributed by atoms with Gasteiger partial charge < -0.3 is 15.0 Å². The molecule has 1 aromatic carbocycles. The Morgan fingerprint density at radius 3 is 2.52 bits per heavy atom. The van der Waals surface area contributed by atoms with Crippen molar-refractivity contribution in [1.29, 1.82) is 0 Å². The van der Waals surface area contributed by atoms with Crippen molar-refractivity contribution >= 4 is 11.8 Å². The highest BCUT2D eigenvalue weighted by Crippen LogP contribution is 2.21. The molecule has 5 nitrogen and oxygen atoms in total. The third-order valence-corrected chi connectivity index (χ3v) is 5.01. The summed E-state index contributed by atoms with van der Waals surface area (Å²) in [7, 11) is 0. The van der Waals surface area contributed by atoms with Crippen LogP contribution in [0.5, 0.6) is 0 Å². The minimum Gasteiger partial charge on any atom is -0.368 e. The van der Waals surface area contributed by atoms with E-state index in [-0.39, 0.29) is 29.7 Å². The van der Waals surface area contributed by atoms with E-state index in [1.54, 1.807) is 12.1 Å². The van der Waals surface area contributed by atoms with Crippen LogP contribution in [0.4, 0.5) is 4.39 Å². The molecular formula is C19H25FN2O3. The maximum Gasteiger partial charge on any atom is 0.251 e. The number of piperidine rings is 1. The van der Waals surface area contributed by atoms with Crippen molar-refractivity contribution in [2.75, 3.05) is 26.2 Å². The SMILES string of the molecule is O=C(NCCc1ccc(F)cc1)C1CCN(C(=O)C2CCCO2)CC1. The monoisotopic (exact) mass is 348 g/mol. The van der Waals surface area contributed by atoms with E-state index in [4.69, 9.17) is 4.74 Å². The second kappa shape index (κ2) is 8.43. The lowest BCUT2D eigenvalue weighted by Crippen LogP contribution is -2.46. The minimum atomic E-state index is -0.277. The van der Waals surface area contributed by atoms with Crippen molar-refractivity contribution in [3.05, 3.63) is 35.6 Å². The summed E-state index contributed by atoms with van der Waals surface area (Å²) in [6.45, 7) is 2.45. The van der Waals surface area contributed by atoms with Crippen LogP contribution in [0, 0.1) is 11.7 Å². The molecule has 25 heavy (non-hydrogen) atoms. The zero-order valence-electron chi connectivity index (χ0n) is 14.4. The molecule has 1 aromatic rings. The van der Waals surface area contributed by atoms with Crippen LogP contribution in [-0.2, 0) is 20.7 Å². The largest absolute Gasteiger partial charge is 0.368 e. The Hall–Kier alpha value is -1.95. The fourth-order valence-corrected chi connectivity index (χ4v) is 3.46. The molecule has 0 aliphatic carbocycles. The summed E-state index contributed by atoms with van der Waals surface area (Å²) >= 11 is 0. The molecule has 2 aliphatic heterocycles. The second-order valence-electron chi connectivity index (χ2n) is 6.77. The lowest BCUT2D eigenvalue weighted by Gasteiger charge is -2.32. The average Bonchev–Trinajstić information content (AvgIpc) is 3.17. The normalized spacial score (nSPS) is 21.3. The highest BCUT2D eigenvalue weighted by Gasteiger charge is 2.32. The Labute approximate surface area is 147 Å². The van der Waals surface area contributed by atoms with Crippen LogP contribution in [-0.4, -0.2) is 49.1 Å². The standard InChI is InChI=1S/C19H25FN2O3/c20-16-5-3-14(4-6-16)7-10-21-18(23)15-8-11-22(12-9-15)19(24)17-2-1-13-25-17/h3-6,15,17H,1-2,7-13H2,(H,21,23). The molecule has 0 radical (unpaired) electrons. The summed E-state index contributed by atoms with van der Waals surface area (Å²) in [6, 6.07) is 6.32. The molecule has 0 spiro atoms. The zero-order chi connectivity index (χ0) is 17.6. The number of carbonyl (C=O) groups excluding carboxylic acids is 2. The van der Waals surface area contributed by atoms with Crippen LogP contribution in [0.2, 0.25) is 0 Å². The molecule has 1 N–H and O–H groups in total. The highest BCUT2D eigenvalue weighted by atomic mass is 19.1. The molecule has 0 bridgehead atoms. The molecule has 2 saturated heterocycles. The van der Waals surface area contributed by atoms with Gasteiger partial charge in [-0.2, -0.15) is 0 Å². The van der Waals surface area contributed by atoms with Gasteiger partial charge in [-0.1, -0.05) is 12.1 Å². The molecule has 1 atom stereocenters. The van der Waals surface area contributed by atoms with Crippen LogP contribution >= 0.6 is 0 Å². The Morgan fingerprint density at radius 1 is 1.16 bits per heavy atom. The van der Waals surface area contributed by atoms with E-state index in [9.17, 15) is 14.0 Å². The summed E-state index contributed by atoms with van der Waals surface area (Å²) in [5.74, 6) is -0.169. The fourth-order valence-electron chi connectivity index (χ4n) is 3.46. The van der Waals surface area contributed by atoms with Crippen LogP contribution in [0.15, 0.2) is 24.3 Å². The Balaban J connectivity index is 1.37.